The number of carbonyl (C=O) groups is 2. The highest BCUT2D eigenvalue weighted by atomic mass is 16.5. The van der Waals surface area contributed by atoms with Crippen molar-refractivity contribution in [1.29, 1.82) is 0 Å². The van der Waals surface area contributed by atoms with Gasteiger partial charge in [-0.15, -0.1) is 0 Å². The molecule has 1 amide bonds. The van der Waals surface area contributed by atoms with Crippen molar-refractivity contribution in [3.8, 4) is 0 Å². The predicted molar refractivity (Wildman–Crippen MR) is 44.1 cm³/mol. The lowest BCUT2D eigenvalue weighted by molar-refractivity contribution is -0.136. The van der Waals surface area contributed by atoms with Gasteiger partial charge in [-0.1, -0.05) is 13.8 Å². The van der Waals surface area contributed by atoms with Gasteiger partial charge in [0.15, 0.2) is 0 Å². The maximum atomic E-state index is 11.0. The Morgan fingerprint density at radius 1 is 1.42 bits per heavy atom. The summed E-state index contributed by atoms with van der Waals surface area (Å²) >= 11 is 0. The number of hydrogen-bond donors (Lipinski definition) is 1. The molecule has 0 aromatic rings. The first kappa shape index (κ1) is 10.7. The lowest BCUT2D eigenvalue weighted by Crippen LogP contribution is -2.15. The molecule has 4 nitrogen and oxygen atoms in total. The third-order valence-corrected chi connectivity index (χ3v) is 1.34. The number of ether oxygens (including phenoxy) is 1. The molecule has 12 heavy (non-hydrogen) atoms. The first-order valence-electron chi connectivity index (χ1n) is 3.58. The molecule has 0 aromatic carbocycles. The van der Waals surface area contributed by atoms with Crippen LogP contribution in [-0.2, 0) is 14.3 Å². The summed E-state index contributed by atoms with van der Waals surface area (Å²) in [5, 5.41) is 0. The molecule has 0 rings (SSSR count). The summed E-state index contributed by atoms with van der Waals surface area (Å²) < 4.78 is 4.46. The van der Waals surface area contributed by atoms with Gasteiger partial charge in [-0.05, 0) is 5.92 Å². The summed E-state index contributed by atoms with van der Waals surface area (Å²) in [6.07, 6.45) is 1.09. The van der Waals surface area contributed by atoms with Gasteiger partial charge >= 0.3 is 5.97 Å². The molecule has 2 N–H and O–H groups in total. The zero-order chi connectivity index (χ0) is 9.72. The van der Waals surface area contributed by atoms with Gasteiger partial charge in [0.05, 0.1) is 7.11 Å². The normalized spacial score (nSPS) is 11.5. The topological polar surface area (TPSA) is 69.4 Å². The third kappa shape index (κ3) is 3.18. The van der Waals surface area contributed by atoms with Crippen LogP contribution in [0.4, 0.5) is 0 Å². The van der Waals surface area contributed by atoms with Crippen LogP contribution in [0.25, 0.3) is 0 Å². The van der Waals surface area contributed by atoms with Gasteiger partial charge in [0.1, 0.15) is 0 Å². The molecule has 0 aliphatic carbocycles. The molecule has 0 spiro atoms. The number of amides is 1. The Morgan fingerprint density at radius 3 is 2.17 bits per heavy atom. The van der Waals surface area contributed by atoms with E-state index >= 15 is 0 Å². The number of rotatable bonds is 3. The minimum Gasteiger partial charge on any atom is -0.466 e. The van der Waals surface area contributed by atoms with Gasteiger partial charge in [0.25, 0.3) is 0 Å². The van der Waals surface area contributed by atoms with E-state index in [9.17, 15) is 9.59 Å². The van der Waals surface area contributed by atoms with Crippen LogP contribution in [0.2, 0.25) is 0 Å². The smallest absolute Gasteiger partial charge is 0.334 e. The van der Waals surface area contributed by atoms with Crippen LogP contribution in [0.1, 0.15) is 13.8 Å². The second-order valence-corrected chi connectivity index (χ2v) is 2.65. The van der Waals surface area contributed by atoms with Gasteiger partial charge in [-0.2, -0.15) is 0 Å². The zero-order valence-corrected chi connectivity index (χ0v) is 7.46. The summed E-state index contributed by atoms with van der Waals surface area (Å²) in [4.78, 5) is 21.5. The minimum atomic E-state index is -0.635. The molecular formula is C8H13NO3. The van der Waals surface area contributed by atoms with Crippen molar-refractivity contribution in [3.63, 3.8) is 0 Å². The van der Waals surface area contributed by atoms with Crippen LogP contribution in [0.15, 0.2) is 11.6 Å². The Kier molecular flexibility index (Phi) is 4.04. The monoisotopic (exact) mass is 171 g/mol. The summed E-state index contributed by atoms with van der Waals surface area (Å²) in [7, 11) is 1.26. The number of hydrogen-bond acceptors (Lipinski definition) is 3. The van der Waals surface area contributed by atoms with Crippen molar-refractivity contribution in [2.45, 2.75) is 13.8 Å². The average Bonchev–Trinajstić information content (AvgIpc) is 1.98. The van der Waals surface area contributed by atoms with Crippen molar-refractivity contribution in [2.75, 3.05) is 7.11 Å². The fourth-order valence-electron chi connectivity index (χ4n) is 0.732. The van der Waals surface area contributed by atoms with Crippen molar-refractivity contribution >= 4 is 11.9 Å². The second-order valence-electron chi connectivity index (χ2n) is 2.65. The van der Waals surface area contributed by atoms with E-state index in [1.807, 2.05) is 0 Å². The molecule has 68 valence electrons. The second kappa shape index (κ2) is 4.54. The van der Waals surface area contributed by atoms with Crippen LogP contribution in [-0.4, -0.2) is 19.0 Å². The van der Waals surface area contributed by atoms with Crippen molar-refractivity contribution in [3.05, 3.63) is 11.6 Å². The molecule has 0 unspecified atom stereocenters. The van der Waals surface area contributed by atoms with Gasteiger partial charge in [0, 0.05) is 11.6 Å². The maximum Gasteiger partial charge on any atom is 0.334 e. The van der Waals surface area contributed by atoms with Crippen LogP contribution in [0, 0.1) is 5.92 Å². The van der Waals surface area contributed by atoms with Crippen molar-refractivity contribution in [2.24, 2.45) is 11.7 Å². The number of methoxy groups -OCH3 is 1. The van der Waals surface area contributed by atoms with Crippen molar-refractivity contribution in [1.82, 2.24) is 0 Å². The Hall–Kier alpha value is -1.32. The Bertz CT molecular complexity index is 218. The fraction of sp³-hybridized carbons (Fsp3) is 0.500. The summed E-state index contributed by atoms with van der Waals surface area (Å²) in [5.41, 5.74) is 5.20. The average molecular weight is 171 g/mol. The quantitative estimate of drug-likeness (QED) is 0.488. The molecule has 0 aliphatic heterocycles. The zero-order valence-electron chi connectivity index (χ0n) is 7.46. The van der Waals surface area contributed by atoms with Crippen LogP contribution in [0.5, 0.6) is 0 Å². The minimum absolute atomic E-state index is 0.0649. The largest absolute Gasteiger partial charge is 0.466 e. The molecule has 0 aliphatic rings. The van der Waals surface area contributed by atoms with E-state index in [0.29, 0.717) is 5.57 Å². The predicted octanol–water partition coefficient (Wildman–Crippen LogP) is 0.227. The lowest BCUT2D eigenvalue weighted by Gasteiger charge is -2.07. The van der Waals surface area contributed by atoms with E-state index in [4.69, 9.17) is 5.73 Å². The molecule has 0 saturated carbocycles. The van der Waals surface area contributed by atoms with E-state index in [1.54, 1.807) is 13.8 Å². The Labute approximate surface area is 71.4 Å². The SMILES string of the molecule is COC(=O)C(=CC(N)=O)C(C)C. The van der Waals surface area contributed by atoms with E-state index in [-0.39, 0.29) is 5.92 Å². The van der Waals surface area contributed by atoms with E-state index in [2.05, 4.69) is 4.74 Å². The molecular weight excluding hydrogens is 158 g/mol. The highest BCUT2D eigenvalue weighted by Crippen LogP contribution is 2.10. The molecule has 4 heteroatoms. The first-order chi connectivity index (χ1) is 5.49. The molecule has 0 bridgehead atoms. The maximum absolute atomic E-state index is 11.0. The van der Waals surface area contributed by atoms with E-state index in [1.165, 1.54) is 7.11 Å². The molecule has 0 saturated heterocycles. The number of nitrogens with two attached hydrogens (primary N) is 1. The van der Waals surface area contributed by atoms with Gasteiger partial charge in [0.2, 0.25) is 5.91 Å². The van der Waals surface area contributed by atoms with Crippen LogP contribution >= 0.6 is 0 Å². The van der Waals surface area contributed by atoms with Gasteiger partial charge in [-0.25, -0.2) is 4.79 Å². The van der Waals surface area contributed by atoms with E-state index in [0.717, 1.165) is 6.08 Å². The van der Waals surface area contributed by atoms with Crippen LogP contribution in [0.3, 0.4) is 0 Å². The number of carbonyl (C=O) groups excluding carboxylic acids is 2. The Morgan fingerprint density at radius 2 is 1.92 bits per heavy atom. The summed E-state index contributed by atoms with van der Waals surface area (Å²) in [6.45, 7) is 3.57. The number of primary amides is 1. The molecule has 0 fully saturated rings. The Balaban J connectivity index is 4.66. The van der Waals surface area contributed by atoms with Crippen LogP contribution < -0.4 is 5.73 Å². The molecule has 0 atom stereocenters. The highest BCUT2D eigenvalue weighted by Gasteiger charge is 2.14. The fourth-order valence-corrected chi connectivity index (χ4v) is 0.732. The van der Waals surface area contributed by atoms with Gasteiger partial charge < -0.3 is 10.5 Å². The molecule has 0 radical (unpaired) electrons. The highest BCUT2D eigenvalue weighted by molar-refractivity contribution is 5.97. The first-order valence-corrected chi connectivity index (χ1v) is 3.58. The summed E-state index contributed by atoms with van der Waals surface area (Å²) in [6, 6.07) is 0. The summed E-state index contributed by atoms with van der Waals surface area (Å²) in [5.74, 6) is -1.21. The standard InChI is InChI=1S/C8H13NO3/c1-5(2)6(4-7(9)10)8(11)12-3/h4-5H,1-3H3,(H2,9,10). The lowest BCUT2D eigenvalue weighted by atomic mass is 10.0. The number of esters is 1. The molecule has 0 aromatic heterocycles. The molecule has 0 heterocycles. The van der Waals surface area contributed by atoms with Crippen molar-refractivity contribution < 1.29 is 14.3 Å². The third-order valence-electron chi connectivity index (χ3n) is 1.34. The van der Waals surface area contributed by atoms with Gasteiger partial charge in [-0.3, -0.25) is 4.79 Å². The van der Waals surface area contributed by atoms with E-state index < -0.39 is 11.9 Å².